The van der Waals surface area contributed by atoms with Crippen LogP contribution in [0.25, 0.3) is 0 Å². The molecule has 0 radical (unpaired) electrons. The zero-order valence-electron chi connectivity index (χ0n) is 12.1. The summed E-state index contributed by atoms with van der Waals surface area (Å²) in [4.78, 5) is 14.4. The van der Waals surface area contributed by atoms with Crippen LogP contribution in [0.4, 0.5) is 11.4 Å². The molecule has 0 fully saturated rings. The van der Waals surface area contributed by atoms with Crippen molar-refractivity contribution in [1.82, 2.24) is 9.78 Å². The Hall–Kier alpha value is -2.30. The van der Waals surface area contributed by atoms with E-state index in [-0.39, 0.29) is 5.91 Å². The highest BCUT2D eigenvalue weighted by atomic mass is 16.2. The number of para-hydroxylation sites is 2. The molecule has 0 bridgehead atoms. The summed E-state index contributed by atoms with van der Waals surface area (Å²) in [7, 11) is 1.78. The van der Waals surface area contributed by atoms with Gasteiger partial charge >= 0.3 is 0 Å². The van der Waals surface area contributed by atoms with E-state index in [0.29, 0.717) is 17.9 Å². The van der Waals surface area contributed by atoms with Crippen LogP contribution >= 0.6 is 0 Å². The van der Waals surface area contributed by atoms with Crippen LogP contribution in [-0.2, 0) is 7.05 Å². The summed E-state index contributed by atoms with van der Waals surface area (Å²) in [6, 6.07) is 9.22. The Bertz CT molecular complexity index is 618. The van der Waals surface area contributed by atoms with Crippen LogP contribution in [0.2, 0.25) is 0 Å². The van der Waals surface area contributed by atoms with Gasteiger partial charge in [-0.1, -0.05) is 19.1 Å². The number of benzene rings is 1. The highest BCUT2D eigenvalue weighted by Crippen LogP contribution is 2.24. The van der Waals surface area contributed by atoms with Gasteiger partial charge in [0.1, 0.15) is 5.69 Å². The molecule has 1 aromatic carbocycles. The van der Waals surface area contributed by atoms with Gasteiger partial charge in [-0.05, 0) is 31.5 Å². The van der Waals surface area contributed by atoms with E-state index in [4.69, 9.17) is 5.73 Å². The number of hydrogen-bond donors (Lipinski definition) is 1. The Balaban J connectivity index is 2.41. The molecule has 2 aromatic rings. The molecule has 5 heteroatoms. The van der Waals surface area contributed by atoms with E-state index in [1.54, 1.807) is 28.8 Å². The molecular formula is C15H20N4O. The minimum Gasteiger partial charge on any atom is -0.397 e. The molecule has 1 amide bonds. The van der Waals surface area contributed by atoms with Crippen LogP contribution in [-0.4, -0.2) is 22.2 Å². The molecule has 0 aliphatic rings. The summed E-state index contributed by atoms with van der Waals surface area (Å²) >= 11 is 0. The molecule has 0 atom stereocenters. The van der Waals surface area contributed by atoms with E-state index in [1.807, 2.05) is 32.0 Å². The average Bonchev–Trinajstić information content (AvgIpc) is 2.75. The highest BCUT2D eigenvalue weighted by Gasteiger charge is 2.21. The predicted octanol–water partition coefficient (Wildman–Crippen LogP) is 2.37. The van der Waals surface area contributed by atoms with E-state index in [1.165, 1.54) is 0 Å². The Morgan fingerprint density at radius 2 is 2.10 bits per heavy atom. The molecule has 1 aromatic heterocycles. The predicted molar refractivity (Wildman–Crippen MR) is 80.8 cm³/mol. The number of nitrogens with two attached hydrogens (primary N) is 1. The van der Waals surface area contributed by atoms with E-state index in [9.17, 15) is 4.79 Å². The molecule has 2 N–H and O–H groups in total. The summed E-state index contributed by atoms with van der Waals surface area (Å²) in [5.74, 6) is -0.0761. The monoisotopic (exact) mass is 272 g/mol. The minimum atomic E-state index is -0.0761. The SMILES string of the molecule is CCCN(C(=O)c1cc(C)nn1C)c1ccccc1N. The number of amides is 1. The van der Waals surface area contributed by atoms with Gasteiger partial charge in [0.15, 0.2) is 0 Å². The molecule has 0 aliphatic heterocycles. The quantitative estimate of drug-likeness (QED) is 0.869. The van der Waals surface area contributed by atoms with Gasteiger partial charge in [-0.15, -0.1) is 0 Å². The van der Waals surface area contributed by atoms with Gasteiger partial charge < -0.3 is 10.6 Å². The zero-order valence-corrected chi connectivity index (χ0v) is 12.1. The first-order chi connectivity index (χ1) is 9.54. The lowest BCUT2D eigenvalue weighted by molar-refractivity contribution is 0.0978. The molecule has 20 heavy (non-hydrogen) atoms. The second-order valence-electron chi connectivity index (χ2n) is 4.81. The molecule has 0 unspecified atom stereocenters. The van der Waals surface area contributed by atoms with Crippen molar-refractivity contribution < 1.29 is 4.79 Å². The number of hydrogen-bond acceptors (Lipinski definition) is 3. The van der Waals surface area contributed by atoms with Crippen molar-refractivity contribution in [2.24, 2.45) is 7.05 Å². The molecule has 1 heterocycles. The normalized spacial score (nSPS) is 10.6. The van der Waals surface area contributed by atoms with Crippen LogP contribution in [0.5, 0.6) is 0 Å². The summed E-state index contributed by atoms with van der Waals surface area (Å²) in [6.45, 7) is 4.53. The fourth-order valence-electron chi connectivity index (χ4n) is 2.24. The number of aromatic nitrogens is 2. The van der Waals surface area contributed by atoms with Gasteiger partial charge in [-0.2, -0.15) is 5.10 Å². The van der Waals surface area contributed by atoms with Gasteiger partial charge in [0.25, 0.3) is 5.91 Å². The van der Waals surface area contributed by atoms with Crippen molar-refractivity contribution in [2.75, 3.05) is 17.2 Å². The molecule has 0 saturated carbocycles. The smallest absolute Gasteiger partial charge is 0.276 e. The third-order valence-corrected chi connectivity index (χ3v) is 3.14. The zero-order chi connectivity index (χ0) is 14.7. The third kappa shape index (κ3) is 2.66. The first-order valence-corrected chi connectivity index (χ1v) is 6.71. The Kier molecular flexibility index (Phi) is 4.08. The molecule has 0 aliphatic carbocycles. The summed E-state index contributed by atoms with van der Waals surface area (Å²) in [5, 5.41) is 4.23. The average molecular weight is 272 g/mol. The van der Waals surface area contributed by atoms with Gasteiger partial charge in [0, 0.05) is 13.6 Å². The van der Waals surface area contributed by atoms with Gasteiger partial charge in [0.05, 0.1) is 17.1 Å². The van der Waals surface area contributed by atoms with Gasteiger partial charge in [-0.3, -0.25) is 9.48 Å². The maximum absolute atomic E-state index is 12.7. The number of rotatable bonds is 4. The maximum atomic E-state index is 12.7. The molecule has 5 nitrogen and oxygen atoms in total. The molecule has 0 spiro atoms. The van der Waals surface area contributed by atoms with Crippen molar-refractivity contribution in [3.63, 3.8) is 0 Å². The van der Waals surface area contributed by atoms with Gasteiger partial charge in [0.2, 0.25) is 0 Å². The van der Waals surface area contributed by atoms with Crippen molar-refractivity contribution in [1.29, 1.82) is 0 Å². The van der Waals surface area contributed by atoms with Crippen LogP contribution in [0.3, 0.4) is 0 Å². The maximum Gasteiger partial charge on any atom is 0.276 e. The van der Waals surface area contributed by atoms with Crippen molar-refractivity contribution in [3.05, 3.63) is 41.7 Å². The summed E-state index contributed by atoms with van der Waals surface area (Å²) < 4.78 is 1.61. The van der Waals surface area contributed by atoms with Crippen LogP contribution < -0.4 is 10.6 Å². The summed E-state index contributed by atoms with van der Waals surface area (Å²) in [6.07, 6.45) is 0.858. The Morgan fingerprint density at radius 1 is 1.40 bits per heavy atom. The molecule has 2 rings (SSSR count). The molecule has 0 saturated heterocycles. The third-order valence-electron chi connectivity index (χ3n) is 3.14. The van der Waals surface area contributed by atoms with Crippen molar-refractivity contribution in [2.45, 2.75) is 20.3 Å². The number of nitrogens with zero attached hydrogens (tertiary/aromatic N) is 3. The van der Waals surface area contributed by atoms with E-state index in [0.717, 1.165) is 17.8 Å². The second-order valence-corrected chi connectivity index (χ2v) is 4.81. The fourth-order valence-corrected chi connectivity index (χ4v) is 2.24. The molecular weight excluding hydrogens is 252 g/mol. The van der Waals surface area contributed by atoms with E-state index >= 15 is 0 Å². The second kappa shape index (κ2) is 5.77. The summed E-state index contributed by atoms with van der Waals surface area (Å²) in [5.41, 5.74) is 8.74. The van der Waals surface area contributed by atoms with Crippen molar-refractivity contribution >= 4 is 17.3 Å². The lowest BCUT2D eigenvalue weighted by Crippen LogP contribution is -2.33. The number of aryl methyl sites for hydroxylation is 2. The number of anilines is 2. The standard InChI is InChI=1S/C15H20N4O/c1-4-9-19(13-8-6-5-7-12(13)16)15(20)14-10-11(2)17-18(14)3/h5-8,10H,4,9,16H2,1-3H3. The minimum absolute atomic E-state index is 0.0761. The largest absolute Gasteiger partial charge is 0.397 e. The lowest BCUT2D eigenvalue weighted by Gasteiger charge is -2.23. The van der Waals surface area contributed by atoms with Crippen LogP contribution in [0, 0.1) is 6.92 Å². The lowest BCUT2D eigenvalue weighted by atomic mass is 10.2. The highest BCUT2D eigenvalue weighted by molar-refractivity contribution is 6.06. The van der Waals surface area contributed by atoms with Crippen LogP contribution in [0.15, 0.2) is 30.3 Å². The van der Waals surface area contributed by atoms with E-state index in [2.05, 4.69) is 5.10 Å². The number of nitrogen functional groups attached to an aromatic ring is 1. The Labute approximate surface area is 119 Å². The van der Waals surface area contributed by atoms with Crippen molar-refractivity contribution in [3.8, 4) is 0 Å². The fraction of sp³-hybridized carbons (Fsp3) is 0.333. The van der Waals surface area contributed by atoms with E-state index < -0.39 is 0 Å². The first kappa shape index (κ1) is 14.1. The topological polar surface area (TPSA) is 64.2 Å². The van der Waals surface area contributed by atoms with Crippen LogP contribution in [0.1, 0.15) is 29.5 Å². The Morgan fingerprint density at radius 3 is 2.65 bits per heavy atom. The van der Waals surface area contributed by atoms with Gasteiger partial charge in [-0.25, -0.2) is 0 Å². The molecule has 106 valence electrons. The number of carbonyl (C=O) groups excluding carboxylic acids is 1. The first-order valence-electron chi connectivity index (χ1n) is 6.71. The number of carbonyl (C=O) groups is 1.